The zero-order valence-corrected chi connectivity index (χ0v) is 30.0. The molecule has 2 N–H and O–H groups in total. The van der Waals surface area contributed by atoms with Gasteiger partial charge in [0.05, 0.1) is 17.3 Å². The van der Waals surface area contributed by atoms with Gasteiger partial charge in [-0.1, -0.05) is 29.8 Å². The second-order valence-corrected chi connectivity index (χ2v) is 13.9. The van der Waals surface area contributed by atoms with Crippen molar-refractivity contribution in [3.63, 3.8) is 0 Å². The van der Waals surface area contributed by atoms with E-state index in [4.69, 9.17) is 17.0 Å². The van der Waals surface area contributed by atoms with Crippen molar-refractivity contribution in [2.24, 2.45) is 12.1 Å². The van der Waals surface area contributed by atoms with Gasteiger partial charge in [-0.25, -0.2) is 0 Å². The first-order valence-electron chi connectivity index (χ1n) is 15.8. The van der Waals surface area contributed by atoms with E-state index in [9.17, 15) is 10.1 Å². The number of allylic oxidation sites excluding steroid dienone is 7. The minimum absolute atomic E-state index is 0.151. The lowest BCUT2D eigenvalue weighted by atomic mass is 9.90. The lowest BCUT2D eigenvalue weighted by molar-refractivity contribution is 0.0989. The summed E-state index contributed by atoms with van der Waals surface area (Å²) in [6, 6.07) is 6.67. The second kappa shape index (κ2) is 18.0. The number of nitrogens with one attached hydrogen (secondary N) is 2. The maximum atomic E-state index is 13.0. The maximum Gasteiger partial charge on any atom is 0.193 e. The molecule has 2 aromatic rings. The van der Waals surface area contributed by atoms with Gasteiger partial charge in [0.25, 0.3) is 0 Å². The Kier molecular flexibility index (Phi) is 13.8. The van der Waals surface area contributed by atoms with Crippen LogP contribution in [0.5, 0.6) is 0 Å². The quantitative estimate of drug-likeness (QED) is 0.314. The molecule has 0 amide bonds. The van der Waals surface area contributed by atoms with Gasteiger partial charge in [0.2, 0.25) is 0 Å². The SMILES string of the molecule is CN/C1=C\C(=N)CS/C=N/N(C)/C(C)=C/C=C(Cl)/C=C\c2cn(C)c(C(=O)CC#N)c2CCCCc2cc(cc3c2C=CCC3)SC1. The minimum atomic E-state index is -0.162. The number of ketones is 1. The lowest BCUT2D eigenvalue weighted by Crippen LogP contribution is -2.12. The molecule has 0 saturated heterocycles. The number of halogens is 1. The number of hydrazone groups is 1. The predicted octanol–water partition coefficient (Wildman–Crippen LogP) is 8.52. The molecule has 1 aromatic heterocycles. The molecular formula is C37H43ClN6OS2. The zero-order chi connectivity index (χ0) is 33.8. The fraction of sp³-hybridized carbons (Fsp3) is 0.351. The van der Waals surface area contributed by atoms with Crippen LogP contribution in [-0.4, -0.2) is 52.2 Å². The Morgan fingerprint density at radius 2 is 1.87 bits per heavy atom. The monoisotopic (exact) mass is 686 g/mol. The van der Waals surface area contributed by atoms with E-state index >= 15 is 0 Å². The van der Waals surface area contributed by atoms with Crippen LogP contribution in [0.25, 0.3) is 12.2 Å². The number of benzene rings is 1. The highest BCUT2D eigenvalue weighted by Crippen LogP contribution is 2.32. The highest BCUT2D eigenvalue weighted by Gasteiger charge is 2.19. The summed E-state index contributed by atoms with van der Waals surface area (Å²) in [5.74, 6) is 1.11. The molecule has 1 aliphatic carbocycles. The molecule has 0 saturated carbocycles. The van der Waals surface area contributed by atoms with Crippen molar-refractivity contribution in [1.29, 1.82) is 10.7 Å². The van der Waals surface area contributed by atoms with Crippen LogP contribution in [0.1, 0.15) is 70.9 Å². The third-order valence-corrected chi connectivity index (χ3v) is 10.1. The molecule has 2 bridgehead atoms. The zero-order valence-electron chi connectivity index (χ0n) is 27.6. The Hall–Kier alpha value is -3.71. The number of fused-ring (bicyclic) bond motifs is 5. The van der Waals surface area contributed by atoms with Crippen LogP contribution in [0.4, 0.5) is 0 Å². The Morgan fingerprint density at radius 1 is 1.11 bits per heavy atom. The van der Waals surface area contributed by atoms with Crippen molar-refractivity contribution < 1.29 is 4.79 Å². The van der Waals surface area contributed by atoms with Gasteiger partial charge in [-0.15, -0.1) is 23.5 Å². The van der Waals surface area contributed by atoms with Crippen LogP contribution < -0.4 is 5.32 Å². The minimum Gasteiger partial charge on any atom is -0.391 e. The summed E-state index contributed by atoms with van der Waals surface area (Å²) in [5, 5.41) is 27.8. The fourth-order valence-electron chi connectivity index (χ4n) is 5.60. The van der Waals surface area contributed by atoms with Gasteiger partial charge in [-0.2, -0.15) is 10.4 Å². The smallest absolute Gasteiger partial charge is 0.193 e. The Labute approximate surface area is 292 Å². The van der Waals surface area contributed by atoms with Crippen LogP contribution >= 0.6 is 35.1 Å². The number of nitriles is 1. The van der Waals surface area contributed by atoms with E-state index in [0.717, 1.165) is 66.8 Å². The molecule has 0 radical (unpaired) electrons. The Balaban J connectivity index is 1.67. The summed E-state index contributed by atoms with van der Waals surface area (Å²) in [6.45, 7) is 1.95. The standard InChI is InChI=1S/C37H43ClN6OS2/c1-26-13-15-30(38)16-14-29-22-43(3)37(36(45)17-18-39)35(29)12-8-6-10-28-20-33(19-27-9-5-7-11-34(27)28)47-24-32(41-2)21-31(40)23-46-25-42-44(26)4/h7,11,13-16,19-22,25,40-41H,5-6,8-10,12,17,23-24H2,1-4H3/b16-14-,26-13+,30-15-,32-21-,40-31?,42-25+. The molecule has 0 fully saturated rings. The highest BCUT2D eigenvalue weighted by molar-refractivity contribution is 8.12. The summed E-state index contributed by atoms with van der Waals surface area (Å²) >= 11 is 9.86. The molecule has 0 unspecified atom stereocenters. The average molecular weight is 687 g/mol. The predicted molar refractivity (Wildman–Crippen MR) is 201 cm³/mol. The number of aryl methyl sites for hydroxylation is 3. The van der Waals surface area contributed by atoms with Crippen LogP contribution in [0, 0.1) is 16.7 Å². The first kappa shape index (κ1) is 36.1. The maximum absolute atomic E-state index is 13.0. The molecule has 10 heteroatoms. The molecule has 4 rings (SSSR count). The topological polar surface area (TPSA) is 97.3 Å². The van der Waals surface area contributed by atoms with Crippen molar-refractivity contribution in [2.45, 2.75) is 56.8 Å². The number of Topliss-reactive ketones (excluding diaryl/α,β-unsaturated/α-hetero) is 1. The number of nitrogens with zero attached hydrogens (tertiary/aromatic N) is 4. The largest absolute Gasteiger partial charge is 0.391 e. The molecular weight excluding hydrogens is 644 g/mol. The summed E-state index contributed by atoms with van der Waals surface area (Å²) < 4.78 is 1.84. The van der Waals surface area contributed by atoms with Gasteiger partial charge in [-0.05, 0) is 110 Å². The molecule has 0 atom stereocenters. The average Bonchev–Trinajstić information content (AvgIpc) is 3.38. The number of carbonyl (C=O) groups excluding carboxylic acids is 1. The van der Waals surface area contributed by atoms with Gasteiger partial charge >= 0.3 is 0 Å². The molecule has 7 nitrogen and oxygen atoms in total. The Bertz CT molecular complexity index is 1710. The van der Waals surface area contributed by atoms with E-state index in [0.29, 0.717) is 22.2 Å². The number of aromatic nitrogens is 1. The van der Waals surface area contributed by atoms with Crippen molar-refractivity contribution in [1.82, 2.24) is 14.9 Å². The van der Waals surface area contributed by atoms with Crippen molar-refractivity contribution in [2.75, 3.05) is 25.6 Å². The van der Waals surface area contributed by atoms with E-state index in [1.807, 2.05) is 75.3 Å². The lowest BCUT2D eigenvalue weighted by Gasteiger charge is -2.18. The highest BCUT2D eigenvalue weighted by atomic mass is 35.5. The van der Waals surface area contributed by atoms with Crippen molar-refractivity contribution in [3.8, 4) is 6.07 Å². The van der Waals surface area contributed by atoms with Gasteiger partial charge in [0, 0.05) is 65.9 Å². The van der Waals surface area contributed by atoms with E-state index < -0.39 is 0 Å². The fourth-order valence-corrected chi connectivity index (χ4v) is 7.27. The summed E-state index contributed by atoms with van der Waals surface area (Å²) in [7, 11) is 5.64. The molecule has 1 aromatic carbocycles. The normalized spacial score (nSPS) is 21.6. The summed E-state index contributed by atoms with van der Waals surface area (Å²) in [4.78, 5) is 14.3. The van der Waals surface area contributed by atoms with Crippen LogP contribution in [0.3, 0.4) is 0 Å². The molecule has 0 spiro atoms. The first-order chi connectivity index (χ1) is 22.7. The van der Waals surface area contributed by atoms with Crippen molar-refractivity contribution >= 4 is 64.3 Å². The third kappa shape index (κ3) is 10.4. The molecule has 246 valence electrons. The van der Waals surface area contributed by atoms with Gasteiger partial charge in [0.1, 0.15) is 6.42 Å². The Morgan fingerprint density at radius 3 is 2.64 bits per heavy atom. The third-order valence-electron chi connectivity index (χ3n) is 8.15. The molecule has 2 aliphatic rings. The number of rotatable bonds is 3. The second-order valence-electron chi connectivity index (χ2n) is 11.6. The van der Waals surface area contributed by atoms with E-state index in [2.05, 4.69) is 34.7 Å². The van der Waals surface area contributed by atoms with E-state index in [-0.39, 0.29) is 12.2 Å². The number of hydrogen-bond acceptors (Lipinski definition) is 8. The summed E-state index contributed by atoms with van der Waals surface area (Å²) in [5.41, 5.74) is 10.8. The number of carbonyl (C=O) groups is 1. The van der Waals surface area contributed by atoms with Crippen LogP contribution in [0.15, 0.2) is 75.1 Å². The molecule has 1 aliphatic heterocycles. The number of thioether (sulfide) groups is 2. The van der Waals surface area contributed by atoms with Gasteiger partial charge in [0.15, 0.2) is 5.78 Å². The van der Waals surface area contributed by atoms with E-state index in [1.165, 1.54) is 33.3 Å². The van der Waals surface area contributed by atoms with Crippen LogP contribution in [-0.2, 0) is 26.3 Å². The molecule has 2 heterocycles. The van der Waals surface area contributed by atoms with Crippen LogP contribution in [0.2, 0.25) is 0 Å². The number of hydrogen-bond donors (Lipinski definition) is 2. The summed E-state index contributed by atoms with van der Waals surface area (Å²) in [6.07, 6.45) is 21.4. The van der Waals surface area contributed by atoms with Gasteiger partial charge in [-0.3, -0.25) is 9.80 Å². The van der Waals surface area contributed by atoms with Gasteiger partial charge < -0.3 is 15.3 Å². The van der Waals surface area contributed by atoms with Crippen molar-refractivity contribution in [3.05, 3.63) is 98.6 Å². The van der Waals surface area contributed by atoms with E-state index in [1.54, 1.807) is 22.3 Å². The molecule has 47 heavy (non-hydrogen) atoms. The first-order valence-corrected chi connectivity index (χ1v) is 18.2.